The number of aromatic nitrogens is 2. The van der Waals surface area contributed by atoms with Crippen molar-refractivity contribution in [3.63, 3.8) is 0 Å². The van der Waals surface area contributed by atoms with Gasteiger partial charge in [0.15, 0.2) is 0 Å². The third-order valence-corrected chi connectivity index (χ3v) is 5.29. The molecule has 0 spiro atoms. The van der Waals surface area contributed by atoms with E-state index in [0.29, 0.717) is 30.3 Å². The Morgan fingerprint density at radius 3 is 2.88 bits per heavy atom. The van der Waals surface area contributed by atoms with Gasteiger partial charge >= 0.3 is 0 Å². The van der Waals surface area contributed by atoms with E-state index in [1.807, 2.05) is 24.3 Å². The summed E-state index contributed by atoms with van der Waals surface area (Å²) in [6, 6.07) is 7.63. The first kappa shape index (κ1) is 18.9. The van der Waals surface area contributed by atoms with Crippen LogP contribution in [-0.2, 0) is 11.3 Å². The lowest BCUT2D eigenvalue weighted by molar-refractivity contribution is 0.0511. The Hall–Kier alpha value is -1.89. The molecular weight excluding hydrogens is 352 g/mol. The lowest BCUT2D eigenvalue weighted by atomic mass is 9.79. The maximum atomic E-state index is 12.5. The Kier molecular flexibility index (Phi) is 6.29. The van der Waals surface area contributed by atoms with E-state index in [9.17, 15) is 4.79 Å². The number of nitrogens with zero attached hydrogens (tertiary/aromatic N) is 2. The SMILES string of the molecule is COCC1(CNC(=O)c2cnn(Cc3ccccc3Cl)c2)CCNCC1. The predicted octanol–water partition coefficient (Wildman–Crippen LogP) is 2.33. The lowest BCUT2D eigenvalue weighted by Gasteiger charge is -2.37. The summed E-state index contributed by atoms with van der Waals surface area (Å²) in [6.45, 7) is 3.70. The van der Waals surface area contributed by atoms with Crippen molar-refractivity contribution >= 4 is 17.5 Å². The fraction of sp³-hybridized carbons (Fsp3) is 0.474. The molecule has 1 fully saturated rings. The summed E-state index contributed by atoms with van der Waals surface area (Å²) < 4.78 is 7.12. The molecule has 1 aliphatic rings. The van der Waals surface area contributed by atoms with Crippen molar-refractivity contribution in [2.24, 2.45) is 5.41 Å². The lowest BCUT2D eigenvalue weighted by Crippen LogP contribution is -2.47. The molecule has 2 aromatic rings. The Morgan fingerprint density at radius 2 is 2.15 bits per heavy atom. The summed E-state index contributed by atoms with van der Waals surface area (Å²) in [5, 5.41) is 11.4. The first-order chi connectivity index (χ1) is 12.6. The van der Waals surface area contributed by atoms with Crippen molar-refractivity contribution in [2.75, 3.05) is 33.4 Å². The number of carbonyl (C=O) groups excluding carboxylic acids is 1. The van der Waals surface area contributed by atoms with E-state index >= 15 is 0 Å². The van der Waals surface area contributed by atoms with Crippen LogP contribution in [0.15, 0.2) is 36.7 Å². The summed E-state index contributed by atoms with van der Waals surface area (Å²) >= 11 is 6.19. The molecule has 2 heterocycles. The number of amides is 1. The normalized spacial score (nSPS) is 16.4. The number of nitrogens with one attached hydrogen (secondary N) is 2. The van der Waals surface area contributed by atoms with Crippen molar-refractivity contribution < 1.29 is 9.53 Å². The molecule has 0 aliphatic carbocycles. The molecule has 6 nitrogen and oxygen atoms in total. The van der Waals surface area contributed by atoms with Crippen LogP contribution in [0.25, 0.3) is 0 Å². The van der Waals surface area contributed by atoms with E-state index in [1.54, 1.807) is 24.2 Å². The van der Waals surface area contributed by atoms with Gasteiger partial charge in [0.1, 0.15) is 0 Å². The van der Waals surface area contributed by atoms with Gasteiger partial charge in [0.25, 0.3) is 5.91 Å². The van der Waals surface area contributed by atoms with Crippen LogP contribution in [0.1, 0.15) is 28.8 Å². The maximum Gasteiger partial charge on any atom is 0.254 e. The van der Waals surface area contributed by atoms with E-state index in [2.05, 4.69) is 15.7 Å². The monoisotopic (exact) mass is 376 g/mol. The van der Waals surface area contributed by atoms with Gasteiger partial charge in [-0.15, -0.1) is 0 Å². The van der Waals surface area contributed by atoms with Crippen molar-refractivity contribution in [3.8, 4) is 0 Å². The topological polar surface area (TPSA) is 68.2 Å². The first-order valence-electron chi connectivity index (χ1n) is 8.86. The van der Waals surface area contributed by atoms with Gasteiger partial charge in [0.05, 0.1) is 24.9 Å². The fourth-order valence-corrected chi connectivity index (χ4v) is 3.57. The zero-order valence-electron chi connectivity index (χ0n) is 15.0. The molecule has 1 aromatic heterocycles. The van der Waals surface area contributed by atoms with Gasteiger partial charge in [0, 0.05) is 30.3 Å². The highest BCUT2D eigenvalue weighted by molar-refractivity contribution is 6.31. The van der Waals surface area contributed by atoms with Crippen molar-refractivity contribution in [3.05, 3.63) is 52.8 Å². The molecule has 1 saturated heterocycles. The largest absolute Gasteiger partial charge is 0.384 e. The minimum Gasteiger partial charge on any atom is -0.384 e. The van der Waals surface area contributed by atoms with Crippen LogP contribution < -0.4 is 10.6 Å². The molecule has 0 saturated carbocycles. The summed E-state index contributed by atoms with van der Waals surface area (Å²) in [5.74, 6) is -0.107. The molecule has 1 aromatic carbocycles. The highest BCUT2D eigenvalue weighted by Crippen LogP contribution is 2.28. The van der Waals surface area contributed by atoms with Crippen molar-refractivity contribution in [2.45, 2.75) is 19.4 Å². The van der Waals surface area contributed by atoms with Gasteiger partial charge in [-0.3, -0.25) is 9.48 Å². The standard InChI is InChI=1S/C19H25ClN4O2/c1-26-14-19(6-8-21-9-7-19)13-22-18(25)16-10-23-24(12-16)11-15-4-2-3-5-17(15)20/h2-5,10,12,21H,6-9,11,13-14H2,1H3,(H,22,25). The predicted molar refractivity (Wildman–Crippen MR) is 102 cm³/mol. The zero-order valence-corrected chi connectivity index (χ0v) is 15.8. The summed E-state index contributed by atoms with van der Waals surface area (Å²) in [4.78, 5) is 12.5. The van der Waals surface area contributed by atoms with Gasteiger partial charge in [-0.2, -0.15) is 5.10 Å². The molecule has 0 bridgehead atoms. The van der Waals surface area contributed by atoms with Crippen LogP contribution in [0.5, 0.6) is 0 Å². The Labute approximate surface area is 158 Å². The minimum atomic E-state index is -0.107. The van der Waals surface area contributed by atoms with Crippen molar-refractivity contribution in [1.29, 1.82) is 0 Å². The fourth-order valence-electron chi connectivity index (χ4n) is 3.37. The second-order valence-electron chi connectivity index (χ2n) is 6.88. The smallest absolute Gasteiger partial charge is 0.254 e. The van der Waals surface area contributed by atoms with Gasteiger partial charge in [-0.1, -0.05) is 29.8 Å². The average molecular weight is 377 g/mol. The Bertz CT molecular complexity index is 735. The van der Waals surface area contributed by atoms with Crippen LogP contribution in [0.4, 0.5) is 0 Å². The average Bonchev–Trinajstić information content (AvgIpc) is 3.11. The van der Waals surface area contributed by atoms with Gasteiger partial charge in [-0.05, 0) is 37.6 Å². The van der Waals surface area contributed by atoms with E-state index in [1.165, 1.54) is 0 Å². The van der Waals surface area contributed by atoms with Crippen molar-refractivity contribution in [1.82, 2.24) is 20.4 Å². The molecule has 0 radical (unpaired) electrons. The number of carbonyl (C=O) groups is 1. The molecule has 2 N–H and O–H groups in total. The molecule has 140 valence electrons. The number of methoxy groups -OCH3 is 1. The number of piperidine rings is 1. The summed E-state index contributed by atoms with van der Waals surface area (Å²) in [6.07, 6.45) is 5.33. The molecule has 0 atom stereocenters. The highest BCUT2D eigenvalue weighted by Gasteiger charge is 2.32. The van der Waals surface area contributed by atoms with E-state index in [4.69, 9.17) is 16.3 Å². The first-order valence-corrected chi connectivity index (χ1v) is 9.23. The van der Waals surface area contributed by atoms with Crippen LogP contribution in [-0.4, -0.2) is 49.0 Å². The van der Waals surface area contributed by atoms with E-state index in [-0.39, 0.29) is 11.3 Å². The quantitative estimate of drug-likeness (QED) is 0.778. The molecule has 0 unspecified atom stereocenters. The van der Waals surface area contributed by atoms with Crippen LogP contribution >= 0.6 is 11.6 Å². The Morgan fingerprint density at radius 1 is 1.38 bits per heavy atom. The second kappa shape index (κ2) is 8.66. The number of rotatable bonds is 7. The number of hydrogen-bond donors (Lipinski definition) is 2. The van der Waals surface area contributed by atoms with E-state index in [0.717, 1.165) is 31.5 Å². The third kappa shape index (κ3) is 4.63. The van der Waals surface area contributed by atoms with Crippen LogP contribution in [0.3, 0.4) is 0 Å². The van der Waals surface area contributed by atoms with E-state index < -0.39 is 0 Å². The number of hydrogen-bond acceptors (Lipinski definition) is 4. The second-order valence-corrected chi connectivity index (χ2v) is 7.29. The molecule has 26 heavy (non-hydrogen) atoms. The van der Waals surface area contributed by atoms with Crippen LogP contribution in [0.2, 0.25) is 5.02 Å². The third-order valence-electron chi connectivity index (χ3n) is 4.92. The molecule has 3 rings (SSSR count). The summed E-state index contributed by atoms with van der Waals surface area (Å²) in [5.41, 5.74) is 1.53. The summed E-state index contributed by atoms with van der Waals surface area (Å²) in [7, 11) is 1.71. The highest BCUT2D eigenvalue weighted by atomic mass is 35.5. The van der Waals surface area contributed by atoms with Crippen LogP contribution in [0, 0.1) is 5.41 Å². The number of halogens is 1. The minimum absolute atomic E-state index is 0.00319. The maximum absolute atomic E-state index is 12.5. The number of benzene rings is 1. The van der Waals surface area contributed by atoms with Gasteiger partial charge < -0.3 is 15.4 Å². The van der Waals surface area contributed by atoms with Gasteiger partial charge in [-0.25, -0.2) is 0 Å². The molecule has 1 aliphatic heterocycles. The van der Waals surface area contributed by atoms with Gasteiger partial charge in [0.2, 0.25) is 0 Å². The molecular formula is C19H25ClN4O2. The molecule has 1 amide bonds. The molecule has 7 heteroatoms. The number of ether oxygens (including phenoxy) is 1. The zero-order chi connectivity index (χ0) is 18.4. The Balaban J connectivity index is 1.60.